The lowest BCUT2D eigenvalue weighted by molar-refractivity contribution is -0.152. The van der Waals surface area contributed by atoms with Crippen molar-refractivity contribution in [2.45, 2.75) is 37.5 Å². The molecule has 43 heavy (non-hydrogen) atoms. The average molecular weight is 595 g/mol. The van der Waals surface area contributed by atoms with Crippen LogP contribution >= 0.6 is 0 Å². The lowest BCUT2D eigenvalue weighted by atomic mass is 9.73. The molecule has 0 saturated carbocycles. The first-order valence-corrected chi connectivity index (χ1v) is 15.5. The predicted octanol–water partition coefficient (Wildman–Crippen LogP) is 1.07. The molecule has 3 saturated heterocycles. The number of rotatable bonds is 9. The van der Waals surface area contributed by atoms with Crippen LogP contribution in [-0.2, 0) is 23.9 Å². The minimum atomic E-state index is -1.33. The molecule has 1 aromatic rings. The molecule has 5 atom stereocenters. The van der Waals surface area contributed by atoms with Crippen LogP contribution in [0.2, 0.25) is 0 Å². The Morgan fingerprint density at radius 3 is 2.35 bits per heavy atom. The van der Waals surface area contributed by atoms with Gasteiger partial charge in [-0.1, -0.05) is 31.2 Å². The minimum absolute atomic E-state index is 0.0134. The molecule has 1 unspecified atom stereocenters. The van der Waals surface area contributed by atoms with Crippen LogP contribution in [0.1, 0.15) is 20.3 Å². The predicted molar refractivity (Wildman–Crippen MR) is 158 cm³/mol. The van der Waals surface area contributed by atoms with Gasteiger partial charge in [-0.2, -0.15) is 0 Å². The van der Waals surface area contributed by atoms with Gasteiger partial charge in [0.2, 0.25) is 17.7 Å². The molecule has 3 amide bonds. The van der Waals surface area contributed by atoms with E-state index < -0.39 is 29.1 Å². The van der Waals surface area contributed by atoms with Gasteiger partial charge in [0.05, 0.1) is 43.9 Å². The molecule has 0 bridgehead atoms. The van der Waals surface area contributed by atoms with Gasteiger partial charge in [-0.15, -0.1) is 0 Å². The van der Waals surface area contributed by atoms with Crippen molar-refractivity contribution in [3.8, 4) is 5.75 Å². The number of β-amino-alcohol motifs (C(OH)–C–C–N with tert-alkyl or cyclic N) is 1. The Kier molecular flexibility index (Phi) is 8.34. The fourth-order valence-corrected chi connectivity index (χ4v) is 7.56. The maximum absolute atomic E-state index is 14.6. The van der Waals surface area contributed by atoms with Gasteiger partial charge in [0.25, 0.3) is 0 Å². The number of aliphatic hydroxyl groups excluding tert-OH is 1. The monoisotopic (exact) mass is 594 g/mol. The summed E-state index contributed by atoms with van der Waals surface area (Å²) in [6.07, 6.45) is 8.08. The molecule has 3 fully saturated rings. The number of fused-ring (bicyclic) bond motifs is 2. The highest BCUT2D eigenvalue weighted by Crippen LogP contribution is 2.58. The van der Waals surface area contributed by atoms with E-state index in [0.29, 0.717) is 63.9 Å². The zero-order valence-corrected chi connectivity index (χ0v) is 25.0. The molecule has 1 aromatic carbocycles. The summed E-state index contributed by atoms with van der Waals surface area (Å²) in [4.78, 5) is 50.4. The Bertz CT molecular complexity index is 1280. The molecule has 0 aromatic heterocycles. The van der Waals surface area contributed by atoms with E-state index in [2.05, 4.69) is 4.90 Å². The number of amides is 3. The first-order valence-electron chi connectivity index (χ1n) is 15.5. The van der Waals surface area contributed by atoms with Gasteiger partial charge < -0.3 is 34.0 Å². The van der Waals surface area contributed by atoms with Crippen LogP contribution in [0.5, 0.6) is 5.75 Å². The van der Waals surface area contributed by atoms with Gasteiger partial charge >= 0.3 is 0 Å². The molecule has 1 spiro atoms. The second-order valence-electron chi connectivity index (χ2n) is 11.8. The lowest BCUT2D eigenvalue weighted by Crippen LogP contribution is -2.57. The summed E-state index contributed by atoms with van der Waals surface area (Å²) in [7, 11) is 0. The zero-order valence-electron chi connectivity index (χ0n) is 25.0. The van der Waals surface area contributed by atoms with Gasteiger partial charge in [0, 0.05) is 51.5 Å². The van der Waals surface area contributed by atoms with Crippen molar-refractivity contribution in [3.05, 3.63) is 48.6 Å². The standard InChI is InChI=1S/C32H42N4O7/c1-3-31-11-5-14-35(23-7-9-24(10-8-23)42-4-2)28(38)25(31)26-29(39)36(17-20-37)27-30(40)34(13-6-12-32(26,27)43-31)16-15-33-18-21-41-22-19-33/h5-12,25-27,37H,3-4,13-22H2,1-2H3/t25-,26+,27?,31+,32+/m1/s1. The van der Waals surface area contributed by atoms with E-state index in [0.717, 1.165) is 13.1 Å². The summed E-state index contributed by atoms with van der Waals surface area (Å²) >= 11 is 0. The van der Waals surface area contributed by atoms with Crippen LogP contribution in [0.3, 0.4) is 0 Å². The number of morpholine rings is 1. The summed E-state index contributed by atoms with van der Waals surface area (Å²) < 4.78 is 18.0. The summed E-state index contributed by atoms with van der Waals surface area (Å²) in [5.41, 5.74) is -1.70. The number of anilines is 1. The molecule has 5 aliphatic heterocycles. The third kappa shape index (κ3) is 4.96. The van der Waals surface area contributed by atoms with E-state index in [1.54, 1.807) is 9.80 Å². The van der Waals surface area contributed by atoms with Crippen LogP contribution in [-0.4, -0.2) is 127 Å². The normalized spacial score (nSPS) is 32.5. The fourth-order valence-electron chi connectivity index (χ4n) is 7.56. The minimum Gasteiger partial charge on any atom is -0.494 e. The molecule has 0 radical (unpaired) electrons. The van der Waals surface area contributed by atoms with E-state index >= 15 is 0 Å². The van der Waals surface area contributed by atoms with E-state index in [9.17, 15) is 19.5 Å². The van der Waals surface area contributed by atoms with Gasteiger partial charge in [-0.05, 0) is 37.6 Å². The van der Waals surface area contributed by atoms with Gasteiger partial charge in [-0.25, -0.2) is 0 Å². The summed E-state index contributed by atoms with van der Waals surface area (Å²) in [5.74, 6) is -1.82. The molecular weight excluding hydrogens is 552 g/mol. The molecule has 5 heterocycles. The third-order valence-corrected chi connectivity index (χ3v) is 9.61. The topological polar surface area (TPSA) is 112 Å². The zero-order chi connectivity index (χ0) is 30.2. The van der Waals surface area contributed by atoms with Crippen LogP contribution in [0.25, 0.3) is 0 Å². The smallest absolute Gasteiger partial charge is 0.249 e. The summed E-state index contributed by atoms with van der Waals surface area (Å²) in [6.45, 7) is 8.96. The highest BCUT2D eigenvalue weighted by atomic mass is 16.5. The maximum atomic E-state index is 14.6. The quantitative estimate of drug-likeness (QED) is 0.423. The van der Waals surface area contributed by atoms with Crippen LogP contribution in [0.15, 0.2) is 48.6 Å². The Morgan fingerprint density at radius 2 is 1.65 bits per heavy atom. The molecule has 232 valence electrons. The van der Waals surface area contributed by atoms with Crippen LogP contribution < -0.4 is 9.64 Å². The number of benzene rings is 1. The largest absolute Gasteiger partial charge is 0.494 e. The number of carbonyl (C=O) groups is 3. The number of hydrogen-bond donors (Lipinski definition) is 1. The van der Waals surface area contributed by atoms with Crippen molar-refractivity contribution in [1.29, 1.82) is 0 Å². The molecule has 11 heteroatoms. The first kappa shape index (κ1) is 29.8. The highest BCUT2D eigenvalue weighted by molar-refractivity contribution is 6.04. The molecular formula is C32H42N4O7. The van der Waals surface area contributed by atoms with Crippen LogP contribution in [0, 0.1) is 11.8 Å². The maximum Gasteiger partial charge on any atom is 0.249 e. The van der Waals surface area contributed by atoms with Gasteiger partial charge in [-0.3, -0.25) is 19.3 Å². The van der Waals surface area contributed by atoms with Gasteiger partial charge in [0.1, 0.15) is 17.4 Å². The average Bonchev–Trinajstić information content (AvgIpc) is 3.30. The van der Waals surface area contributed by atoms with E-state index in [-0.39, 0.29) is 30.9 Å². The molecule has 6 rings (SSSR count). The first-order chi connectivity index (χ1) is 20.9. The third-order valence-electron chi connectivity index (χ3n) is 9.61. The Balaban J connectivity index is 1.35. The van der Waals surface area contributed by atoms with Crippen molar-refractivity contribution >= 4 is 23.4 Å². The number of nitrogens with zero attached hydrogens (tertiary/aromatic N) is 4. The van der Waals surface area contributed by atoms with E-state index in [1.165, 1.54) is 4.90 Å². The summed E-state index contributed by atoms with van der Waals surface area (Å²) in [5, 5.41) is 9.98. The van der Waals surface area contributed by atoms with Crippen molar-refractivity contribution in [2.75, 3.05) is 77.1 Å². The van der Waals surface area contributed by atoms with Crippen molar-refractivity contribution in [3.63, 3.8) is 0 Å². The fraction of sp³-hybridized carbons (Fsp3) is 0.594. The van der Waals surface area contributed by atoms with E-state index in [4.69, 9.17) is 14.2 Å². The lowest BCUT2D eigenvalue weighted by Gasteiger charge is -2.38. The van der Waals surface area contributed by atoms with Crippen molar-refractivity contribution in [2.24, 2.45) is 11.8 Å². The molecule has 0 aliphatic carbocycles. The Morgan fingerprint density at radius 1 is 0.907 bits per heavy atom. The SMILES string of the molecule is CCOc1ccc(N2CC=C[C@]3(CC)O[C@]45C=CCN(CCN6CCOCC6)C(=O)C4N(CCO)C(=O)[C@@H]5[C@@H]3C2=O)cc1. The molecule has 11 nitrogen and oxygen atoms in total. The second-order valence-corrected chi connectivity index (χ2v) is 11.8. The van der Waals surface area contributed by atoms with E-state index in [1.807, 2.05) is 62.4 Å². The number of likely N-dealkylation sites (tertiary alicyclic amines) is 1. The summed E-state index contributed by atoms with van der Waals surface area (Å²) in [6, 6.07) is 6.38. The Labute approximate surface area is 252 Å². The molecule has 5 aliphatic rings. The van der Waals surface area contributed by atoms with Gasteiger partial charge in [0.15, 0.2) is 0 Å². The van der Waals surface area contributed by atoms with Crippen molar-refractivity contribution in [1.82, 2.24) is 14.7 Å². The van der Waals surface area contributed by atoms with Crippen molar-refractivity contribution < 1.29 is 33.7 Å². The highest BCUT2D eigenvalue weighted by Gasteiger charge is 2.75. The number of carbonyl (C=O) groups excluding carboxylic acids is 3. The number of ether oxygens (including phenoxy) is 3. The number of aliphatic hydroxyl groups is 1. The number of hydrogen-bond acceptors (Lipinski definition) is 8. The molecule has 1 N–H and O–H groups in total. The second kappa shape index (κ2) is 12.0. The van der Waals surface area contributed by atoms with Crippen LogP contribution in [0.4, 0.5) is 5.69 Å². The Hall–Kier alpha value is -3.25.